The van der Waals surface area contributed by atoms with Gasteiger partial charge in [-0.15, -0.1) is 5.10 Å². The third kappa shape index (κ3) is 3.10. The zero-order valence-electron chi connectivity index (χ0n) is 7.43. The molecule has 0 saturated heterocycles. The summed E-state index contributed by atoms with van der Waals surface area (Å²) in [5.41, 5.74) is 5.35. The van der Waals surface area contributed by atoms with E-state index in [1.807, 2.05) is 0 Å². The summed E-state index contributed by atoms with van der Waals surface area (Å²) >= 11 is 0. The van der Waals surface area contributed by atoms with Crippen molar-refractivity contribution in [3.8, 4) is 0 Å². The molecular weight excluding hydrogens is 172 g/mol. The molecule has 1 rings (SSSR count). The van der Waals surface area contributed by atoms with Crippen LogP contribution in [0.2, 0.25) is 0 Å². The van der Waals surface area contributed by atoms with E-state index in [2.05, 4.69) is 15.0 Å². The van der Waals surface area contributed by atoms with Crippen LogP contribution >= 0.6 is 0 Å². The third-order valence-corrected chi connectivity index (χ3v) is 1.55. The van der Waals surface area contributed by atoms with Gasteiger partial charge in [0.15, 0.2) is 5.82 Å². The van der Waals surface area contributed by atoms with Gasteiger partial charge in [-0.25, -0.2) is 0 Å². The number of carbonyl (C=O) groups excluding carboxylic acids is 1. The monoisotopic (exact) mass is 184 g/mol. The number of aromatic nitrogens is 3. The van der Waals surface area contributed by atoms with Gasteiger partial charge >= 0.3 is 5.97 Å². The Morgan fingerprint density at radius 1 is 1.77 bits per heavy atom. The van der Waals surface area contributed by atoms with Crippen LogP contribution in [-0.4, -0.2) is 28.1 Å². The second-order valence-electron chi connectivity index (χ2n) is 2.59. The maximum Gasteiger partial charge on any atom is 0.305 e. The number of nitrogen functional groups attached to an aromatic ring is 1. The molecule has 0 atom stereocenters. The first-order chi connectivity index (χ1) is 6.22. The fourth-order valence-electron chi connectivity index (χ4n) is 0.910. The molecule has 0 amide bonds. The van der Waals surface area contributed by atoms with E-state index in [1.54, 1.807) is 10.9 Å². The topological polar surface area (TPSA) is 83.0 Å². The van der Waals surface area contributed by atoms with Crippen molar-refractivity contribution in [2.24, 2.45) is 0 Å². The standard InChI is InChI=1S/C7H12N4O2/c1-13-7(12)3-2-4-11-5-6(8)9-10-11/h5H,2-4,8H2,1H3. The van der Waals surface area contributed by atoms with E-state index in [9.17, 15) is 4.79 Å². The lowest BCUT2D eigenvalue weighted by atomic mass is 10.3. The predicted molar refractivity (Wildman–Crippen MR) is 45.7 cm³/mol. The Balaban J connectivity index is 2.24. The minimum Gasteiger partial charge on any atom is -0.469 e. The van der Waals surface area contributed by atoms with Gasteiger partial charge in [0.05, 0.1) is 13.3 Å². The number of aryl methyl sites for hydroxylation is 1. The number of hydrogen-bond acceptors (Lipinski definition) is 5. The molecule has 0 aromatic carbocycles. The molecule has 72 valence electrons. The molecule has 1 aromatic heterocycles. The quantitative estimate of drug-likeness (QED) is 0.656. The van der Waals surface area contributed by atoms with E-state index < -0.39 is 0 Å². The minimum atomic E-state index is -0.215. The number of nitrogens with two attached hydrogens (primary N) is 1. The van der Waals surface area contributed by atoms with Crippen LogP contribution in [0.5, 0.6) is 0 Å². The SMILES string of the molecule is COC(=O)CCCn1cc(N)nn1. The maximum absolute atomic E-state index is 10.7. The zero-order valence-corrected chi connectivity index (χ0v) is 7.43. The lowest BCUT2D eigenvalue weighted by Crippen LogP contribution is -2.04. The molecule has 6 nitrogen and oxygen atoms in total. The van der Waals surface area contributed by atoms with Crippen LogP contribution in [0.3, 0.4) is 0 Å². The summed E-state index contributed by atoms with van der Waals surface area (Å²) < 4.78 is 6.08. The van der Waals surface area contributed by atoms with Crippen LogP contribution < -0.4 is 5.73 Å². The highest BCUT2D eigenvalue weighted by Gasteiger charge is 2.00. The highest BCUT2D eigenvalue weighted by molar-refractivity contribution is 5.68. The molecule has 0 radical (unpaired) electrons. The van der Waals surface area contributed by atoms with E-state index in [0.29, 0.717) is 25.2 Å². The molecule has 0 aliphatic heterocycles. The van der Waals surface area contributed by atoms with Crippen molar-refractivity contribution in [3.63, 3.8) is 0 Å². The van der Waals surface area contributed by atoms with Crippen molar-refractivity contribution in [2.75, 3.05) is 12.8 Å². The molecule has 1 aromatic rings. The van der Waals surface area contributed by atoms with Crippen molar-refractivity contribution in [1.82, 2.24) is 15.0 Å². The Hall–Kier alpha value is -1.59. The molecule has 0 spiro atoms. The van der Waals surface area contributed by atoms with E-state index in [0.717, 1.165) is 0 Å². The van der Waals surface area contributed by atoms with E-state index in [-0.39, 0.29) is 5.97 Å². The van der Waals surface area contributed by atoms with Gasteiger partial charge in [0, 0.05) is 13.0 Å². The fourth-order valence-corrected chi connectivity index (χ4v) is 0.910. The first-order valence-corrected chi connectivity index (χ1v) is 3.95. The zero-order chi connectivity index (χ0) is 9.68. The highest BCUT2D eigenvalue weighted by atomic mass is 16.5. The Morgan fingerprint density at radius 2 is 2.54 bits per heavy atom. The molecule has 6 heteroatoms. The summed E-state index contributed by atoms with van der Waals surface area (Å²) in [6.45, 7) is 0.624. The second kappa shape index (κ2) is 4.44. The van der Waals surface area contributed by atoms with Gasteiger partial charge in [-0.3, -0.25) is 9.48 Å². The number of hydrogen-bond donors (Lipinski definition) is 1. The van der Waals surface area contributed by atoms with E-state index >= 15 is 0 Å². The molecule has 0 unspecified atom stereocenters. The van der Waals surface area contributed by atoms with Crippen LogP contribution in [0.4, 0.5) is 5.82 Å². The Labute approximate surface area is 75.7 Å². The normalized spacial score (nSPS) is 9.92. The Kier molecular flexibility index (Phi) is 3.24. The smallest absolute Gasteiger partial charge is 0.305 e. The Bertz CT molecular complexity index is 284. The molecule has 0 aliphatic carbocycles. The summed E-state index contributed by atoms with van der Waals surface area (Å²) in [6, 6.07) is 0. The summed E-state index contributed by atoms with van der Waals surface area (Å²) in [4.78, 5) is 10.7. The van der Waals surface area contributed by atoms with Crippen molar-refractivity contribution in [1.29, 1.82) is 0 Å². The van der Waals surface area contributed by atoms with Crippen LogP contribution in [-0.2, 0) is 16.1 Å². The van der Waals surface area contributed by atoms with Gasteiger partial charge in [0.25, 0.3) is 0 Å². The van der Waals surface area contributed by atoms with Gasteiger partial charge in [0.1, 0.15) is 0 Å². The average molecular weight is 184 g/mol. The molecule has 0 fully saturated rings. The summed E-state index contributed by atoms with van der Waals surface area (Å²) in [5.74, 6) is 0.172. The number of rotatable bonds is 4. The molecule has 13 heavy (non-hydrogen) atoms. The van der Waals surface area contributed by atoms with E-state index in [4.69, 9.17) is 5.73 Å². The summed E-state index contributed by atoms with van der Waals surface area (Å²) in [6.07, 6.45) is 2.68. The molecule has 0 saturated carbocycles. The average Bonchev–Trinajstić information content (AvgIpc) is 2.51. The molecule has 1 heterocycles. The predicted octanol–water partition coefficient (Wildman–Crippen LogP) is -0.186. The highest BCUT2D eigenvalue weighted by Crippen LogP contribution is 1.98. The number of anilines is 1. The van der Waals surface area contributed by atoms with Crippen molar-refractivity contribution >= 4 is 11.8 Å². The van der Waals surface area contributed by atoms with Crippen molar-refractivity contribution < 1.29 is 9.53 Å². The first-order valence-electron chi connectivity index (χ1n) is 3.95. The number of methoxy groups -OCH3 is 1. The van der Waals surface area contributed by atoms with Gasteiger partial charge in [0.2, 0.25) is 0 Å². The van der Waals surface area contributed by atoms with Crippen molar-refractivity contribution in [3.05, 3.63) is 6.20 Å². The molecule has 0 bridgehead atoms. The van der Waals surface area contributed by atoms with Crippen LogP contribution in [0.1, 0.15) is 12.8 Å². The Morgan fingerprint density at radius 3 is 3.08 bits per heavy atom. The fraction of sp³-hybridized carbons (Fsp3) is 0.571. The molecular formula is C7H12N4O2. The largest absolute Gasteiger partial charge is 0.469 e. The number of esters is 1. The van der Waals surface area contributed by atoms with Gasteiger partial charge in [-0.1, -0.05) is 5.21 Å². The van der Waals surface area contributed by atoms with Gasteiger partial charge in [-0.05, 0) is 6.42 Å². The lowest BCUT2D eigenvalue weighted by molar-refractivity contribution is -0.140. The van der Waals surface area contributed by atoms with Gasteiger partial charge < -0.3 is 10.5 Å². The van der Waals surface area contributed by atoms with Crippen LogP contribution in [0.25, 0.3) is 0 Å². The minimum absolute atomic E-state index is 0.215. The third-order valence-electron chi connectivity index (χ3n) is 1.55. The summed E-state index contributed by atoms with van der Waals surface area (Å²) in [7, 11) is 1.37. The number of nitrogens with zero attached hydrogens (tertiary/aromatic N) is 3. The molecule has 2 N–H and O–H groups in total. The summed E-state index contributed by atoms with van der Waals surface area (Å²) in [5, 5.41) is 7.34. The van der Waals surface area contributed by atoms with Crippen LogP contribution in [0.15, 0.2) is 6.20 Å². The maximum atomic E-state index is 10.7. The number of carbonyl (C=O) groups is 1. The van der Waals surface area contributed by atoms with Gasteiger partial charge in [-0.2, -0.15) is 0 Å². The van der Waals surface area contributed by atoms with Crippen LogP contribution in [0, 0.1) is 0 Å². The van der Waals surface area contributed by atoms with E-state index in [1.165, 1.54) is 7.11 Å². The van der Waals surface area contributed by atoms with Crippen molar-refractivity contribution in [2.45, 2.75) is 19.4 Å². The first kappa shape index (κ1) is 9.50. The lowest BCUT2D eigenvalue weighted by Gasteiger charge is -1.98. The molecule has 0 aliphatic rings. The second-order valence-corrected chi connectivity index (χ2v) is 2.59. The number of ether oxygens (including phenoxy) is 1.